The number of nitrogens with one attached hydrogen (secondary N) is 1. The molecule has 3 rings (SSSR count). The van der Waals surface area contributed by atoms with Crippen LogP contribution in [0.3, 0.4) is 0 Å². The molecule has 1 fully saturated rings. The summed E-state index contributed by atoms with van der Waals surface area (Å²) in [6.07, 6.45) is 2.54. The fourth-order valence-electron chi connectivity index (χ4n) is 2.35. The molecule has 2 aromatic carbocycles. The van der Waals surface area contributed by atoms with Gasteiger partial charge in [-0.1, -0.05) is 59.6 Å². The molecule has 0 bridgehead atoms. The highest BCUT2D eigenvalue weighted by Gasteiger charge is 2.32. The van der Waals surface area contributed by atoms with Crippen molar-refractivity contribution >= 4 is 28.9 Å². The highest BCUT2D eigenvalue weighted by molar-refractivity contribution is 6.43. The second-order valence-electron chi connectivity index (χ2n) is 4.97. The second kappa shape index (κ2) is 5.44. The normalized spacial score (nSPS) is 16.1. The van der Waals surface area contributed by atoms with Gasteiger partial charge in [0.1, 0.15) is 0 Å². The van der Waals surface area contributed by atoms with Crippen LogP contribution in [-0.2, 0) is 0 Å². The lowest BCUT2D eigenvalue weighted by atomic mass is 10.0. The van der Waals surface area contributed by atoms with Crippen LogP contribution in [0.25, 0.3) is 0 Å². The number of halogens is 2. The molecule has 0 aliphatic heterocycles. The summed E-state index contributed by atoms with van der Waals surface area (Å²) in [7, 11) is 0. The van der Waals surface area contributed by atoms with Gasteiger partial charge in [0, 0.05) is 0 Å². The van der Waals surface area contributed by atoms with Crippen LogP contribution in [0.5, 0.6) is 0 Å². The van der Waals surface area contributed by atoms with Crippen LogP contribution in [0, 0.1) is 5.92 Å². The molecule has 1 aliphatic carbocycles. The van der Waals surface area contributed by atoms with Crippen molar-refractivity contribution < 1.29 is 0 Å². The molecule has 1 aliphatic rings. The van der Waals surface area contributed by atoms with Crippen LogP contribution in [-0.4, -0.2) is 0 Å². The molecular weight excluding hydrogens is 277 g/mol. The van der Waals surface area contributed by atoms with Gasteiger partial charge in [-0.15, -0.1) is 0 Å². The Balaban J connectivity index is 1.88. The van der Waals surface area contributed by atoms with E-state index in [4.69, 9.17) is 23.2 Å². The fraction of sp³-hybridized carbons (Fsp3) is 0.250. The fourth-order valence-corrected chi connectivity index (χ4v) is 2.70. The SMILES string of the molecule is Clc1cccc(NC(c2ccccc2)C2CC2)c1Cl. The minimum atomic E-state index is 0.317. The van der Waals surface area contributed by atoms with Crippen molar-refractivity contribution in [2.24, 2.45) is 5.92 Å². The zero-order chi connectivity index (χ0) is 13.2. The zero-order valence-electron chi connectivity index (χ0n) is 10.4. The molecule has 19 heavy (non-hydrogen) atoms. The van der Waals surface area contributed by atoms with E-state index < -0.39 is 0 Å². The molecule has 0 amide bonds. The maximum Gasteiger partial charge on any atom is 0.0823 e. The molecule has 2 aromatic rings. The van der Waals surface area contributed by atoms with E-state index in [-0.39, 0.29) is 0 Å². The van der Waals surface area contributed by atoms with Crippen molar-refractivity contribution in [3.05, 3.63) is 64.1 Å². The number of rotatable bonds is 4. The van der Waals surface area contributed by atoms with Crippen molar-refractivity contribution in [3.8, 4) is 0 Å². The Morgan fingerprint density at radius 3 is 2.37 bits per heavy atom. The summed E-state index contributed by atoms with van der Waals surface area (Å²) in [6, 6.07) is 16.5. The first-order valence-electron chi connectivity index (χ1n) is 6.51. The van der Waals surface area contributed by atoms with Gasteiger partial charge in [0.25, 0.3) is 0 Å². The Bertz CT molecular complexity index is 564. The van der Waals surface area contributed by atoms with Crippen LogP contribution in [0.15, 0.2) is 48.5 Å². The molecule has 1 N–H and O–H groups in total. The molecule has 1 saturated carbocycles. The third-order valence-electron chi connectivity index (χ3n) is 3.51. The van der Waals surface area contributed by atoms with Gasteiger partial charge < -0.3 is 5.32 Å². The second-order valence-corrected chi connectivity index (χ2v) is 5.76. The number of benzene rings is 2. The molecule has 1 unspecified atom stereocenters. The first kappa shape index (κ1) is 12.8. The van der Waals surface area contributed by atoms with Gasteiger partial charge in [0.2, 0.25) is 0 Å². The van der Waals surface area contributed by atoms with Gasteiger partial charge >= 0.3 is 0 Å². The predicted molar refractivity (Wildman–Crippen MR) is 82.0 cm³/mol. The zero-order valence-corrected chi connectivity index (χ0v) is 12.0. The maximum absolute atomic E-state index is 6.26. The Kier molecular flexibility index (Phi) is 3.67. The summed E-state index contributed by atoms with van der Waals surface area (Å²) in [5.74, 6) is 0.692. The quantitative estimate of drug-likeness (QED) is 0.778. The monoisotopic (exact) mass is 291 g/mol. The van der Waals surface area contributed by atoms with Gasteiger partial charge in [-0.05, 0) is 36.5 Å². The Morgan fingerprint density at radius 1 is 0.947 bits per heavy atom. The third-order valence-corrected chi connectivity index (χ3v) is 4.33. The van der Waals surface area contributed by atoms with Gasteiger partial charge in [-0.2, -0.15) is 0 Å². The van der Waals surface area contributed by atoms with Crippen molar-refractivity contribution in [2.45, 2.75) is 18.9 Å². The van der Waals surface area contributed by atoms with E-state index in [9.17, 15) is 0 Å². The number of hydrogen-bond donors (Lipinski definition) is 1. The average molecular weight is 292 g/mol. The van der Waals surface area contributed by atoms with Gasteiger partial charge in [-0.25, -0.2) is 0 Å². The van der Waals surface area contributed by atoms with Crippen LogP contribution >= 0.6 is 23.2 Å². The van der Waals surface area contributed by atoms with E-state index in [1.807, 2.05) is 24.3 Å². The van der Waals surface area contributed by atoms with Crippen molar-refractivity contribution in [3.63, 3.8) is 0 Å². The van der Waals surface area contributed by atoms with Crippen LogP contribution in [0.2, 0.25) is 10.0 Å². The van der Waals surface area contributed by atoms with Crippen molar-refractivity contribution in [2.75, 3.05) is 5.32 Å². The van der Waals surface area contributed by atoms with Gasteiger partial charge in [-0.3, -0.25) is 0 Å². The molecule has 3 heteroatoms. The molecular formula is C16H15Cl2N. The lowest BCUT2D eigenvalue weighted by molar-refractivity contribution is 0.679. The highest BCUT2D eigenvalue weighted by atomic mass is 35.5. The largest absolute Gasteiger partial charge is 0.377 e. The molecule has 0 aromatic heterocycles. The summed E-state index contributed by atoms with van der Waals surface area (Å²) in [6.45, 7) is 0. The van der Waals surface area contributed by atoms with Crippen molar-refractivity contribution in [1.29, 1.82) is 0 Å². The summed E-state index contributed by atoms with van der Waals surface area (Å²) >= 11 is 12.3. The summed E-state index contributed by atoms with van der Waals surface area (Å²) in [5.41, 5.74) is 2.22. The first-order chi connectivity index (χ1) is 9.25. The molecule has 1 nitrogen and oxygen atoms in total. The Labute approximate surface area is 123 Å². The van der Waals surface area contributed by atoms with Crippen LogP contribution in [0.1, 0.15) is 24.4 Å². The van der Waals surface area contributed by atoms with E-state index in [0.717, 1.165) is 5.69 Å². The molecule has 0 saturated heterocycles. The van der Waals surface area contributed by atoms with Gasteiger partial charge in [0.05, 0.1) is 21.8 Å². The highest BCUT2D eigenvalue weighted by Crippen LogP contribution is 2.44. The number of hydrogen-bond acceptors (Lipinski definition) is 1. The standard InChI is InChI=1S/C16H15Cl2N/c17-13-7-4-8-14(15(13)18)19-16(12-9-10-12)11-5-2-1-3-6-11/h1-8,12,16,19H,9-10H2. The summed E-state index contributed by atoms with van der Waals surface area (Å²) in [5, 5.41) is 4.74. The summed E-state index contributed by atoms with van der Waals surface area (Å²) < 4.78 is 0. The van der Waals surface area contributed by atoms with E-state index in [1.165, 1.54) is 18.4 Å². The lowest BCUT2D eigenvalue weighted by Gasteiger charge is -2.21. The smallest absolute Gasteiger partial charge is 0.0823 e. The Morgan fingerprint density at radius 2 is 1.68 bits per heavy atom. The molecule has 0 heterocycles. The topological polar surface area (TPSA) is 12.0 Å². The van der Waals surface area contributed by atoms with E-state index in [1.54, 1.807) is 0 Å². The summed E-state index contributed by atoms with van der Waals surface area (Å²) in [4.78, 5) is 0. The molecule has 98 valence electrons. The van der Waals surface area contributed by atoms with E-state index in [2.05, 4.69) is 29.6 Å². The van der Waals surface area contributed by atoms with Crippen LogP contribution in [0.4, 0.5) is 5.69 Å². The predicted octanol–water partition coefficient (Wildman–Crippen LogP) is 5.56. The lowest BCUT2D eigenvalue weighted by Crippen LogP contribution is -2.13. The first-order valence-corrected chi connectivity index (χ1v) is 7.27. The third kappa shape index (κ3) is 2.88. The molecule has 0 radical (unpaired) electrons. The van der Waals surface area contributed by atoms with Gasteiger partial charge in [0.15, 0.2) is 0 Å². The minimum absolute atomic E-state index is 0.317. The Hall–Kier alpha value is -1.18. The van der Waals surface area contributed by atoms with Crippen LogP contribution < -0.4 is 5.32 Å². The number of anilines is 1. The molecule has 1 atom stereocenters. The van der Waals surface area contributed by atoms with E-state index in [0.29, 0.717) is 22.0 Å². The molecule has 0 spiro atoms. The average Bonchev–Trinajstić information content (AvgIpc) is 3.26. The minimum Gasteiger partial charge on any atom is -0.377 e. The van der Waals surface area contributed by atoms with E-state index >= 15 is 0 Å². The maximum atomic E-state index is 6.26. The van der Waals surface area contributed by atoms with Crippen molar-refractivity contribution in [1.82, 2.24) is 0 Å².